The predicted molar refractivity (Wildman–Crippen MR) is 74.2 cm³/mol. The third kappa shape index (κ3) is 3.38. The third-order valence-corrected chi connectivity index (χ3v) is 2.72. The molecule has 0 radical (unpaired) electrons. The predicted octanol–water partition coefficient (Wildman–Crippen LogP) is 3.34. The highest BCUT2D eigenvalue weighted by molar-refractivity contribution is 5.67. The molecule has 1 N–H and O–H groups in total. The number of nitrogens with one attached hydrogen (secondary N) is 1. The summed E-state index contributed by atoms with van der Waals surface area (Å²) < 4.78 is 25.9. The molecule has 104 valence electrons. The summed E-state index contributed by atoms with van der Waals surface area (Å²) in [7, 11) is 0. The Kier molecular flexibility index (Phi) is 4.08. The molecule has 1 heterocycles. The highest BCUT2D eigenvalue weighted by Crippen LogP contribution is 2.12. The maximum Gasteiger partial charge on any atom is 0.251 e. The van der Waals surface area contributed by atoms with E-state index in [1.165, 1.54) is 12.1 Å². The molecular formula is C15H14F2N2O. The number of hydrogen-bond donors (Lipinski definition) is 1. The second-order valence-corrected chi connectivity index (χ2v) is 4.72. The van der Waals surface area contributed by atoms with Gasteiger partial charge in [-0.2, -0.15) is 0 Å². The molecule has 0 saturated carbocycles. The highest BCUT2D eigenvalue weighted by Gasteiger charge is 2.04. The molecule has 0 amide bonds. The van der Waals surface area contributed by atoms with Crippen LogP contribution in [-0.2, 0) is 0 Å². The van der Waals surface area contributed by atoms with Gasteiger partial charge in [-0.3, -0.25) is 4.79 Å². The highest BCUT2D eigenvalue weighted by atomic mass is 19.2. The van der Waals surface area contributed by atoms with Gasteiger partial charge in [-0.25, -0.2) is 13.8 Å². The van der Waals surface area contributed by atoms with Crippen molar-refractivity contribution in [2.75, 3.05) is 0 Å². The lowest BCUT2D eigenvalue weighted by molar-refractivity contribution is 0.508. The Balaban J connectivity index is 2.31. The van der Waals surface area contributed by atoms with Crippen molar-refractivity contribution >= 4 is 12.2 Å². The van der Waals surface area contributed by atoms with Crippen molar-refractivity contribution in [2.24, 2.45) is 0 Å². The van der Waals surface area contributed by atoms with Gasteiger partial charge in [-0.05, 0) is 23.8 Å². The summed E-state index contributed by atoms with van der Waals surface area (Å²) in [6.45, 7) is 3.84. The number of benzene rings is 1. The Bertz CT molecular complexity index is 705. The van der Waals surface area contributed by atoms with E-state index in [1.807, 2.05) is 13.8 Å². The lowest BCUT2D eigenvalue weighted by Gasteiger charge is -2.04. The van der Waals surface area contributed by atoms with E-state index in [2.05, 4.69) is 9.97 Å². The fourth-order valence-corrected chi connectivity index (χ4v) is 1.65. The molecule has 0 aliphatic carbocycles. The van der Waals surface area contributed by atoms with Crippen LogP contribution < -0.4 is 5.56 Å². The lowest BCUT2D eigenvalue weighted by Crippen LogP contribution is -2.12. The zero-order valence-electron chi connectivity index (χ0n) is 11.2. The molecule has 1 aromatic heterocycles. The van der Waals surface area contributed by atoms with Gasteiger partial charge < -0.3 is 4.98 Å². The first-order valence-corrected chi connectivity index (χ1v) is 6.20. The van der Waals surface area contributed by atoms with Gasteiger partial charge in [0.15, 0.2) is 11.6 Å². The Hall–Kier alpha value is -2.30. The third-order valence-electron chi connectivity index (χ3n) is 2.72. The van der Waals surface area contributed by atoms with E-state index in [4.69, 9.17) is 0 Å². The van der Waals surface area contributed by atoms with E-state index in [1.54, 1.807) is 12.2 Å². The summed E-state index contributed by atoms with van der Waals surface area (Å²) in [6.07, 6.45) is 3.17. The van der Waals surface area contributed by atoms with Gasteiger partial charge in [-0.15, -0.1) is 0 Å². The Morgan fingerprint density at radius 2 is 1.90 bits per heavy atom. The van der Waals surface area contributed by atoms with E-state index in [-0.39, 0.29) is 11.5 Å². The van der Waals surface area contributed by atoms with E-state index in [0.29, 0.717) is 17.1 Å². The smallest absolute Gasteiger partial charge is 0.251 e. The minimum Gasteiger partial charge on any atom is -0.310 e. The molecule has 5 heteroatoms. The van der Waals surface area contributed by atoms with Gasteiger partial charge in [0.1, 0.15) is 5.82 Å². The summed E-state index contributed by atoms with van der Waals surface area (Å²) in [5.74, 6) is -1.12. The molecule has 0 saturated heterocycles. The second-order valence-electron chi connectivity index (χ2n) is 4.72. The van der Waals surface area contributed by atoms with Crippen LogP contribution in [-0.4, -0.2) is 9.97 Å². The van der Waals surface area contributed by atoms with E-state index < -0.39 is 11.6 Å². The summed E-state index contributed by atoms with van der Waals surface area (Å²) in [5.41, 5.74) is 0.730. The minimum atomic E-state index is -0.908. The molecule has 0 fully saturated rings. The molecule has 2 aromatic rings. The second kappa shape index (κ2) is 5.77. The van der Waals surface area contributed by atoms with Crippen LogP contribution in [0.2, 0.25) is 0 Å². The standard InChI is InChI=1S/C15H14F2N2O/c1-9(2)15-18-11(8-14(20)19-15)5-3-10-4-6-12(16)13(17)7-10/h3-9H,1-2H3,(H,18,19,20)/b5-3+. The fourth-order valence-electron chi connectivity index (χ4n) is 1.65. The quantitative estimate of drug-likeness (QED) is 0.934. The number of halogens is 2. The topological polar surface area (TPSA) is 45.8 Å². The van der Waals surface area contributed by atoms with Gasteiger partial charge in [0.2, 0.25) is 0 Å². The average molecular weight is 276 g/mol. The van der Waals surface area contributed by atoms with Crippen molar-refractivity contribution in [3.63, 3.8) is 0 Å². The molecule has 0 aliphatic rings. The van der Waals surface area contributed by atoms with Crippen LogP contribution in [0.25, 0.3) is 12.2 Å². The molecule has 2 rings (SSSR count). The largest absolute Gasteiger partial charge is 0.310 e. The minimum absolute atomic E-state index is 0.0966. The zero-order chi connectivity index (χ0) is 14.7. The first-order valence-electron chi connectivity index (χ1n) is 6.20. The first kappa shape index (κ1) is 14.1. The maximum atomic E-state index is 13.1. The summed E-state index contributed by atoms with van der Waals surface area (Å²) in [4.78, 5) is 18.4. The molecule has 1 aromatic carbocycles. The molecular weight excluding hydrogens is 262 g/mol. The number of H-pyrrole nitrogens is 1. The normalized spacial score (nSPS) is 11.4. The molecule has 20 heavy (non-hydrogen) atoms. The molecule has 0 unspecified atom stereocenters. The first-order chi connectivity index (χ1) is 9.45. The number of aromatic nitrogens is 2. The van der Waals surface area contributed by atoms with Gasteiger partial charge in [0.05, 0.1) is 5.69 Å². The van der Waals surface area contributed by atoms with Crippen LogP contribution >= 0.6 is 0 Å². The van der Waals surface area contributed by atoms with Crippen molar-refractivity contribution in [3.8, 4) is 0 Å². The molecule has 0 atom stereocenters. The number of aromatic amines is 1. The van der Waals surface area contributed by atoms with Gasteiger partial charge in [0.25, 0.3) is 5.56 Å². The van der Waals surface area contributed by atoms with Crippen molar-refractivity contribution in [2.45, 2.75) is 19.8 Å². The van der Waals surface area contributed by atoms with Crippen LogP contribution in [0.5, 0.6) is 0 Å². The molecule has 0 spiro atoms. The molecule has 3 nitrogen and oxygen atoms in total. The summed E-state index contributed by atoms with van der Waals surface area (Å²) in [6, 6.07) is 4.94. The Morgan fingerprint density at radius 1 is 1.15 bits per heavy atom. The molecule has 0 aliphatic heterocycles. The van der Waals surface area contributed by atoms with Gasteiger partial charge in [0, 0.05) is 12.0 Å². The van der Waals surface area contributed by atoms with Crippen LogP contribution in [0.1, 0.15) is 36.8 Å². The number of rotatable bonds is 3. The van der Waals surface area contributed by atoms with Crippen molar-refractivity contribution in [1.82, 2.24) is 9.97 Å². The monoisotopic (exact) mass is 276 g/mol. The van der Waals surface area contributed by atoms with Crippen LogP contribution in [0, 0.1) is 11.6 Å². The van der Waals surface area contributed by atoms with E-state index >= 15 is 0 Å². The number of nitrogens with zero attached hydrogens (tertiary/aromatic N) is 1. The Labute approximate surface area is 115 Å². The van der Waals surface area contributed by atoms with Crippen LogP contribution in [0.15, 0.2) is 29.1 Å². The van der Waals surface area contributed by atoms with Crippen molar-refractivity contribution in [1.29, 1.82) is 0 Å². The van der Waals surface area contributed by atoms with E-state index in [0.717, 1.165) is 12.1 Å². The molecule has 0 bridgehead atoms. The fraction of sp³-hybridized carbons (Fsp3) is 0.200. The zero-order valence-corrected chi connectivity index (χ0v) is 11.2. The van der Waals surface area contributed by atoms with Crippen LogP contribution in [0.3, 0.4) is 0 Å². The van der Waals surface area contributed by atoms with Crippen LogP contribution in [0.4, 0.5) is 8.78 Å². The van der Waals surface area contributed by atoms with Gasteiger partial charge >= 0.3 is 0 Å². The lowest BCUT2D eigenvalue weighted by atomic mass is 10.1. The van der Waals surface area contributed by atoms with Gasteiger partial charge in [-0.1, -0.05) is 26.0 Å². The Morgan fingerprint density at radius 3 is 2.55 bits per heavy atom. The maximum absolute atomic E-state index is 13.1. The number of hydrogen-bond acceptors (Lipinski definition) is 2. The SMILES string of the molecule is CC(C)c1nc(/C=C/c2ccc(F)c(F)c2)cc(=O)[nH]1. The average Bonchev–Trinajstić information content (AvgIpc) is 2.39. The van der Waals surface area contributed by atoms with E-state index in [9.17, 15) is 13.6 Å². The summed E-state index contributed by atoms with van der Waals surface area (Å²) in [5, 5.41) is 0. The van der Waals surface area contributed by atoms with Crippen molar-refractivity contribution < 1.29 is 8.78 Å². The van der Waals surface area contributed by atoms with Crippen molar-refractivity contribution in [3.05, 3.63) is 63.3 Å². The summed E-state index contributed by atoms with van der Waals surface area (Å²) >= 11 is 0.